The number of aromatic hydroxyl groups is 2. The minimum absolute atomic E-state index is 0.0345. The second-order valence-corrected chi connectivity index (χ2v) is 4.78. The normalized spacial score (nSPS) is 10.7. The first kappa shape index (κ1) is 14.8. The van der Waals surface area contributed by atoms with Crippen LogP contribution in [0.5, 0.6) is 17.5 Å². The highest BCUT2D eigenvalue weighted by Gasteiger charge is 2.07. The van der Waals surface area contributed by atoms with Gasteiger partial charge in [-0.15, -0.1) is 0 Å². The fourth-order valence-electron chi connectivity index (χ4n) is 2.14. The number of ether oxygens (including phenoxy) is 1. The average molecular weight is 315 g/mol. The predicted octanol–water partition coefficient (Wildman–Crippen LogP) is 2.57. The van der Waals surface area contributed by atoms with Crippen molar-refractivity contribution in [2.24, 2.45) is 0 Å². The molecule has 0 bridgehead atoms. The number of halogens is 1. The maximum atomic E-state index is 13.6. The molecule has 0 amide bonds. The van der Waals surface area contributed by atoms with Crippen LogP contribution in [-0.4, -0.2) is 31.4 Å². The molecule has 3 heterocycles. The van der Waals surface area contributed by atoms with Crippen LogP contribution in [0.1, 0.15) is 0 Å². The van der Waals surface area contributed by atoms with Crippen molar-refractivity contribution < 1.29 is 19.3 Å². The van der Waals surface area contributed by atoms with E-state index in [0.29, 0.717) is 17.0 Å². The predicted molar refractivity (Wildman–Crippen MR) is 80.7 cm³/mol. The van der Waals surface area contributed by atoms with Gasteiger partial charge in [-0.3, -0.25) is 14.5 Å². The number of pyridine rings is 2. The van der Waals surface area contributed by atoms with Crippen LogP contribution >= 0.6 is 0 Å². The van der Waals surface area contributed by atoms with E-state index in [1.165, 1.54) is 29.1 Å². The average Bonchev–Trinajstić information content (AvgIpc) is 2.88. The summed E-state index contributed by atoms with van der Waals surface area (Å²) in [4.78, 5) is 7.86. The zero-order chi connectivity index (χ0) is 16.2. The molecule has 7 heteroatoms. The van der Waals surface area contributed by atoms with Crippen LogP contribution in [0.3, 0.4) is 0 Å². The van der Waals surface area contributed by atoms with Crippen molar-refractivity contribution in [2.75, 3.05) is 6.61 Å². The minimum Gasteiger partial charge on any atom is -0.494 e. The molecule has 0 aliphatic rings. The fourth-order valence-corrected chi connectivity index (χ4v) is 2.14. The van der Waals surface area contributed by atoms with E-state index in [2.05, 4.69) is 9.97 Å². The Kier molecular flexibility index (Phi) is 4.09. The molecule has 0 saturated carbocycles. The maximum Gasteiger partial charge on any atom is 0.193 e. The number of hydrogen-bond acceptors (Lipinski definition) is 5. The number of rotatable bonds is 5. The molecule has 0 saturated heterocycles. The van der Waals surface area contributed by atoms with Crippen molar-refractivity contribution in [3.8, 4) is 28.8 Å². The highest BCUT2D eigenvalue weighted by molar-refractivity contribution is 5.59. The monoisotopic (exact) mass is 315 g/mol. The molecule has 0 aromatic carbocycles. The molecule has 0 radical (unpaired) electrons. The highest BCUT2D eigenvalue weighted by atomic mass is 19.1. The van der Waals surface area contributed by atoms with Gasteiger partial charge in [0.1, 0.15) is 12.4 Å². The molecule has 0 spiro atoms. The van der Waals surface area contributed by atoms with Gasteiger partial charge < -0.3 is 14.9 Å². The van der Waals surface area contributed by atoms with Crippen molar-refractivity contribution in [3.05, 3.63) is 54.7 Å². The largest absolute Gasteiger partial charge is 0.494 e. The van der Waals surface area contributed by atoms with E-state index in [1.807, 2.05) is 0 Å². The Labute approximate surface area is 131 Å². The maximum absolute atomic E-state index is 13.6. The van der Waals surface area contributed by atoms with E-state index >= 15 is 0 Å². The summed E-state index contributed by atoms with van der Waals surface area (Å²) >= 11 is 0. The first-order valence-electron chi connectivity index (χ1n) is 6.91. The van der Waals surface area contributed by atoms with Gasteiger partial charge >= 0.3 is 0 Å². The lowest BCUT2D eigenvalue weighted by atomic mass is 10.2. The molecule has 0 fully saturated rings. The number of aromatic nitrogens is 3. The van der Waals surface area contributed by atoms with E-state index < -0.39 is 5.82 Å². The van der Waals surface area contributed by atoms with Crippen LogP contribution in [-0.2, 0) is 6.54 Å². The molecule has 118 valence electrons. The van der Waals surface area contributed by atoms with Crippen molar-refractivity contribution in [1.82, 2.24) is 14.5 Å². The second-order valence-electron chi connectivity index (χ2n) is 4.78. The number of nitrogens with zero attached hydrogens (tertiary/aromatic N) is 3. The Bertz CT molecular complexity index is 783. The molecule has 6 nitrogen and oxygen atoms in total. The summed E-state index contributed by atoms with van der Waals surface area (Å²) in [6.45, 7) is 0.520. The Morgan fingerprint density at radius 3 is 2.48 bits per heavy atom. The number of hydrogen-bond donors (Lipinski definition) is 2. The third-order valence-corrected chi connectivity index (χ3v) is 3.30. The van der Waals surface area contributed by atoms with Crippen LogP contribution in [0.25, 0.3) is 11.3 Å². The smallest absolute Gasteiger partial charge is 0.193 e. The van der Waals surface area contributed by atoms with E-state index in [0.717, 1.165) is 6.20 Å². The molecule has 0 unspecified atom stereocenters. The van der Waals surface area contributed by atoms with Crippen molar-refractivity contribution >= 4 is 0 Å². The molecule has 3 aromatic rings. The first-order valence-corrected chi connectivity index (χ1v) is 6.91. The summed E-state index contributed by atoms with van der Waals surface area (Å²) in [7, 11) is 0. The molecule has 2 N–H and O–H groups in total. The topological polar surface area (TPSA) is 80.4 Å². The quantitative estimate of drug-likeness (QED) is 0.756. The Hall–Kier alpha value is -3.09. The summed E-state index contributed by atoms with van der Waals surface area (Å²) in [6, 6.07) is 7.68. The zero-order valence-electron chi connectivity index (χ0n) is 12.1. The van der Waals surface area contributed by atoms with Crippen molar-refractivity contribution in [3.63, 3.8) is 0 Å². The van der Waals surface area contributed by atoms with Crippen LogP contribution in [0.2, 0.25) is 0 Å². The fraction of sp³-hybridized carbons (Fsp3) is 0.125. The van der Waals surface area contributed by atoms with Gasteiger partial charge in [-0.1, -0.05) is 0 Å². The highest BCUT2D eigenvalue weighted by Crippen LogP contribution is 2.22. The first-order chi connectivity index (χ1) is 11.1. The summed E-state index contributed by atoms with van der Waals surface area (Å²) in [5.41, 5.74) is 0.853. The van der Waals surface area contributed by atoms with Gasteiger partial charge in [0.25, 0.3) is 0 Å². The summed E-state index contributed by atoms with van der Waals surface area (Å²) < 4.78 is 20.4. The van der Waals surface area contributed by atoms with Crippen LogP contribution in [0.4, 0.5) is 4.39 Å². The second kappa shape index (κ2) is 6.35. The van der Waals surface area contributed by atoms with Crippen LogP contribution in [0, 0.1) is 5.82 Å². The molecule has 3 rings (SSSR count). The molecule has 3 aromatic heterocycles. The lowest BCUT2D eigenvalue weighted by molar-refractivity contribution is 0.274. The van der Waals surface area contributed by atoms with Gasteiger partial charge in [0.15, 0.2) is 17.6 Å². The van der Waals surface area contributed by atoms with Gasteiger partial charge in [0.2, 0.25) is 0 Å². The van der Waals surface area contributed by atoms with Crippen LogP contribution in [0.15, 0.2) is 48.9 Å². The van der Waals surface area contributed by atoms with E-state index in [1.54, 1.807) is 18.2 Å². The van der Waals surface area contributed by atoms with Gasteiger partial charge in [0, 0.05) is 23.9 Å². The molecule has 0 aliphatic carbocycles. The van der Waals surface area contributed by atoms with E-state index in [-0.39, 0.29) is 24.9 Å². The molecule has 0 aliphatic heterocycles. The molecule has 0 atom stereocenters. The lowest BCUT2D eigenvalue weighted by Gasteiger charge is -2.09. The van der Waals surface area contributed by atoms with Crippen LogP contribution < -0.4 is 4.74 Å². The van der Waals surface area contributed by atoms with Crippen molar-refractivity contribution in [1.29, 1.82) is 0 Å². The summed E-state index contributed by atoms with van der Waals surface area (Å²) in [6.07, 6.45) is 4.13. The van der Waals surface area contributed by atoms with E-state index in [4.69, 9.17) is 4.74 Å². The molecule has 23 heavy (non-hydrogen) atoms. The SMILES string of the molecule is Oc1ccc(O)n1CCOc1ccc(-c2ccncc2F)nc1. The van der Waals surface area contributed by atoms with Gasteiger partial charge in [-0.05, 0) is 18.2 Å². The third-order valence-electron chi connectivity index (χ3n) is 3.30. The third kappa shape index (κ3) is 3.23. The lowest BCUT2D eigenvalue weighted by Crippen LogP contribution is -2.07. The summed E-state index contributed by atoms with van der Waals surface area (Å²) in [5.74, 6) is 0.00190. The minimum atomic E-state index is -0.438. The molecular weight excluding hydrogens is 301 g/mol. The van der Waals surface area contributed by atoms with Gasteiger partial charge in [-0.2, -0.15) is 0 Å². The van der Waals surface area contributed by atoms with E-state index in [9.17, 15) is 14.6 Å². The van der Waals surface area contributed by atoms with Crippen molar-refractivity contribution in [2.45, 2.75) is 6.54 Å². The zero-order valence-corrected chi connectivity index (χ0v) is 12.1. The van der Waals surface area contributed by atoms with Gasteiger partial charge in [-0.25, -0.2) is 4.39 Å². The van der Waals surface area contributed by atoms with Gasteiger partial charge in [0.05, 0.1) is 24.6 Å². The standard InChI is InChI=1S/C16H14FN3O3/c17-13-10-18-6-5-12(13)14-2-1-11(9-19-14)23-8-7-20-15(21)3-4-16(20)22/h1-6,9-10,21-22H,7-8H2. The molecular formula is C16H14FN3O3. The Balaban J connectivity index is 1.63. The Morgan fingerprint density at radius 2 is 1.83 bits per heavy atom. The summed E-state index contributed by atoms with van der Waals surface area (Å²) in [5, 5.41) is 19.0. The Morgan fingerprint density at radius 1 is 1.04 bits per heavy atom.